The molecule has 1 aliphatic carbocycles. The molecule has 0 bridgehead atoms. The second-order valence-electron chi connectivity index (χ2n) is 5.85. The van der Waals surface area contributed by atoms with Crippen LogP contribution in [0.5, 0.6) is 0 Å². The van der Waals surface area contributed by atoms with Crippen molar-refractivity contribution in [3.63, 3.8) is 0 Å². The van der Waals surface area contributed by atoms with Crippen LogP contribution in [-0.2, 0) is 4.74 Å². The number of hydrogen-bond donors (Lipinski definition) is 0. The van der Waals surface area contributed by atoms with Gasteiger partial charge >= 0.3 is 0 Å². The first-order chi connectivity index (χ1) is 8.25. The van der Waals surface area contributed by atoms with E-state index in [0.29, 0.717) is 0 Å². The van der Waals surface area contributed by atoms with Crippen molar-refractivity contribution in [1.82, 2.24) is 9.80 Å². The average Bonchev–Trinajstić information content (AvgIpc) is 2.38. The Bertz CT molecular complexity index is 208. The zero-order valence-electron chi connectivity index (χ0n) is 11.5. The molecule has 3 heteroatoms. The van der Waals surface area contributed by atoms with Gasteiger partial charge in [-0.25, -0.2) is 0 Å². The lowest BCUT2D eigenvalue weighted by atomic mass is 9.87. The number of rotatable bonds is 4. The molecule has 0 unspecified atom stereocenters. The van der Waals surface area contributed by atoms with Crippen LogP contribution in [0.3, 0.4) is 0 Å². The molecule has 0 atom stereocenters. The van der Waals surface area contributed by atoms with E-state index in [9.17, 15) is 0 Å². The topological polar surface area (TPSA) is 15.7 Å². The lowest BCUT2D eigenvalue weighted by molar-refractivity contribution is 0.0311. The molecule has 100 valence electrons. The first kappa shape index (κ1) is 13.3. The number of hydrogen-bond acceptors (Lipinski definition) is 3. The molecule has 1 aliphatic heterocycles. The second kappa shape index (κ2) is 6.72. The van der Waals surface area contributed by atoms with Gasteiger partial charge in [-0.1, -0.05) is 6.92 Å². The first-order valence-corrected chi connectivity index (χ1v) is 7.26. The SMILES string of the molecule is CC1CCC(N(C)CCN2CCOCC2)CC1. The highest BCUT2D eigenvalue weighted by atomic mass is 16.5. The van der Waals surface area contributed by atoms with Gasteiger partial charge in [0.2, 0.25) is 0 Å². The molecule has 3 nitrogen and oxygen atoms in total. The molecule has 2 aliphatic rings. The molecule has 1 heterocycles. The largest absolute Gasteiger partial charge is 0.379 e. The van der Waals surface area contributed by atoms with E-state index in [0.717, 1.165) is 38.3 Å². The zero-order chi connectivity index (χ0) is 12.1. The summed E-state index contributed by atoms with van der Waals surface area (Å²) in [4.78, 5) is 5.12. The van der Waals surface area contributed by atoms with Crippen LogP contribution in [0.4, 0.5) is 0 Å². The zero-order valence-corrected chi connectivity index (χ0v) is 11.5. The number of ether oxygens (including phenoxy) is 1. The third kappa shape index (κ3) is 4.23. The third-order valence-corrected chi connectivity index (χ3v) is 4.48. The molecule has 2 rings (SSSR count). The summed E-state index contributed by atoms with van der Waals surface area (Å²) in [6.07, 6.45) is 5.65. The van der Waals surface area contributed by atoms with Crippen molar-refractivity contribution < 1.29 is 4.74 Å². The summed E-state index contributed by atoms with van der Waals surface area (Å²) in [7, 11) is 2.31. The highest BCUT2D eigenvalue weighted by Gasteiger charge is 2.22. The lowest BCUT2D eigenvalue weighted by Gasteiger charge is -2.35. The molecule has 0 N–H and O–H groups in total. The Morgan fingerprint density at radius 2 is 1.76 bits per heavy atom. The van der Waals surface area contributed by atoms with Crippen LogP contribution in [0.15, 0.2) is 0 Å². The lowest BCUT2D eigenvalue weighted by Crippen LogP contribution is -2.43. The molecular formula is C14H28N2O. The maximum absolute atomic E-state index is 5.38. The minimum Gasteiger partial charge on any atom is -0.379 e. The van der Waals surface area contributed by atoms with Crippen molar-refractivity contribution in [1.29, 1.82) is 0 Å². The van der Waals surface area contributed by atoms with Gasteiger partial charge in [-0.2, -0.15) is 0 Å². The quantitative estimate of drug-likeness (QED) is 0.745. The molecule has 0 spiro atoms. The summed E-state index contributed by atoms with van der Waals surface area (Å²) in [6, 6.07) is 0.840. The van der Waals surface area contributed by atoms with Crippen LogP contribution in [0, 0.1) is 5.92 Å². The van der Waals surface area contributed by atoms with Crippen LogP contribution in [0.1, 0.15) is 32.6 Å². The summed E-state index contributed by atoms with van der Waals surface area (Å²) >= 11 is 0. The van der Waals surface area contributed by atoms with Crippen LogP contribution in [0.2, 0.25) is 0 Å². The molecule has 2 fully saturated rings. The van der Waals surface area contributed by atoms with Gasteiger partial charge in [-0.15, -0.1) is 0 Å². The summed E-state index contributed by atoms with van der Waals surface area (Å²) < 4.78 is 5.38. The van der Waals surface area contributed by atoms with Gasteiger partial charge in [0.15, 0.2) is 0 Å². The van der Waals surface area contributed by atoms with Gasteiger partial charge < -0.3 is 9.64 Å². The van der Waals surface area contributed by atoms with E-state index in [-0.39, 0.29) is 0 Å². The van der Waals surface area contributed by atoms with Crippen molar-refractivity contribution in [2.75, 3.05) is 46.4 Å². The molecular weight excluding hydrogens is 212 g/mol. The first-order valence-electron chi connectivity index (χ1n) is 7.26. The summed E-state index contributed by atoms with van der Waals surface area (Å²) in [5, 5.41) is 0. The molecule has 17 heavy (non-hydrogen) atoms. The van der Waals surface area contributed by atoms with Crippen molar-refractivity contribution in [2.24, 2.45) is 5.92 Å². The summed E-state index contributed by atoms with van der Waals surface area (Å²) in [5.74, 6) is 0.957. The normalized spacial score (nSPS) is 31.9. The van der Waals surface area contributed by atoms with E-state index >= 15 is 0 Å². The van der Waals surface area contributed by atoms with Gasteiger partial charge in [0.1, 0.15) is 0 Å². The predicted octanol–water partition coefficient (Wildman–Crippen LogP) is 1.83. The molecule has 1 saturated heterocycles. The van der Waals surface area contributed by atoms with Gasteiger partial charge in [-0.3, -0.25) is 4.90 Å². The molecule has 0 aromatic rings. The maximum Gasteiger partial charge on any atom is 0.0594 e. The minimum atomic E-state index is 0.840. The minimum absolute atomic E-state index is 0.840. The monoisotopic (exact) mass is 240 g/mol. The summed E-state index contributed by atoms with van der Waals surface area (Å²) in [6.45, 7) is 8.91. The van der Waals surface area contributed by atoms with E-state index in [2.05, 4.69) is 23.8 Å². The van der Waals surface area contributed by atoms with Crippen molar-refractivity contribution in [2.45, 2.75) is 38.6 Å². The molecule has 0 aromatic carbocycles. The van der Waals surface area contributed by atoms with Crippen LogP contribution >= 0.6 is 0 Å². The smallest absolute Gasteiger partial charge is 0.0594 e. The van der Waals surface area contributed by atoms with Crippen LogP contribution in [0.25, 0.3) is 0 Å². The van der Waals surface area contributed by atoms with E-state index in [1.807, 2.05) is 0 Å². The standard InChI is InChI=1S/C14H28N2O/c1-13-3-5-14(6-4-13)15(2)7-8-16-9-11-17-12-10-16/h13-14H,3-12H2,1-2H3. The Morgan fingerprint density at radius 3 is 2.41 bits per heavy atom. The molecule has 0 radical (unpaired) electrons. The number of morpholine rings is 1. The fourth-order valence-corrected chi connectivity index (χ4v) is 2.99. The van der Waals surface area contributed by atoms with E-state index < -0.39 is 0 Å². The van der Waals surface area contributed by atoms with E-state index in [1.165, 1.54) is 38.8 Å². The van der Waals surface area contributed by atoms with Crippen molar-refractivity contribution in [3.8, 4) is 0 Å². The third-order valence-electron chi connectivity index (χ3n) is 4.48. The predicted molar refractivity (Wildman–Crippen MR) is 71.3 cm³/mol. The van der Waals surface area contributed by atoms with Gasteiger partial charge in [0, 0.05) is 32.2 Å². The van der Waals surface area contributed by atoms with Gasteiger partial charge in [0.05, 0.1) is 13.2 Å². The Morgan fingerprint density at radius 1 is 1.12 bits per heavy atom. The van der Waals surface area contributed by atoms with Gasteiger partial charge in [-0.05, 0) is 38.6 Å². The van der Waals surface area contributed by atoms with Crippen molar-refractivity contribution in [3.05, 3.63) is 0 Å². The average molecular weight is 240 g/mol. The van der Waals surface area contributed by atoms with E-state index in [1.54, 1.807) is 0 Å². The van der Waals surface area contributed by atoms with Gasteiger partial charge in [0.25, 0.3) is 0 Å². The fraction of sp³-hybridized carbons (Fsp3) is 1.00. The Kier molecular flexibility index (Phi) is 5.26. The fourth-order valence-electron chi connectivity index (χ4n) is 2.99. The molecule has 0 amide bonds. The highest BCUT2D eigenvalue weighted by Crippen LogP contribution is 2.26. The Labute approximate surface area is 106 Å². The van der Waals surface area contributed by atoms with Crippen LogP contribution < -0.4 is 0 Å². The maximum atomic E-state index is 5.38. The highest BCUT2D eigenvalue weighted by molar-refractivity contribution is 4.77. The molecule has 0 aromatic heterocycles. The number of nitrogens with zero attached hydrogens (tertiary/aromatic N) is 2. The second-order valence-corrected chi connectivity index (χ2v) is 5.85. The Balaban J connectivity index is 1.64. The number of likely N-dealkylation sites (N-methyl/N-ethyl adjacent to an activating group) is 1. The Hall–Kier alpha value is -0.120. The van der Waals surface area contributed by atoms with Crippen LogP contribution in [-0.4, -0.2) is 62.3 Å². The van der Waals surface area contributed by atoms with Crippen molar-refractivity contribution >= 4 is 0 Å². The summed E-state index contributed by atoms with van der Waals surface area (Å²) in [5.41, 5.74) is 0. The molecule has 1 saturated carbocycles. The van der Waals surface area contributed by atoms with E-state index in [4.69, 9.17) is 4.74 Å².